The lowest BCUT2D eigenvalue weighted by Gasteiger charge is -2.05. The number of nitrogens with zero attached hydrogens (tertiary/aromatic N) is 1. The average molecular weight is 225 g/mol. The minimum Gasteiger partial charge on any atom is -0.618 e. The van der Waals surface area contributed by atoms with E-state index in [-0.39, 0.29) is 17.3 Å². The molecule has 80 valence electrons. The lowest BCUT2D eigenvalue weighted by atomic mass is 10.3. The second-order valence-corrected chi connectivity index (χ2v) is 4.68. The van der Waals surface area contributed by atoms with Gasteiger partial charge in [-0.3, -0.25) is 4.79 Å². The van der Waals surface area contributed by atoms with E-state index < -0.39 is 0 Å². The van der Waals surface area contributed by atoms with Gasteiger partial charge in [-0.25, -0.2) is 0 Å². The third-order valence-electron chi connectivity index (χ3n) is 2.18. The molecule has 0 radical (unpaired) electrons. The fourth-order valence-electron chi connectivity index (χ4n) is 1.47. The summed E-state index contributed by atoms with van der Waals surface area (Å²) in [4.78, 5) is 11.3. The highest BCUT2D eigenvalue weighted by Crippen LogP contribution is 2.29. The van der Waals surface area contributed by atoms with Crippen molar-refractivity contribution in [1.82, 2.24) is 0 Å². The van der Waals surface area contributed by atoms with Gasteiger partial charge in [0.2, 0.25) is 0 Å². The summed E-state index contributed by atoms with van der Waals surface area (Å²) in [6, 6.07) is 5.14. The standard InChI is InChI=1S/C10H11NO3S/c1-7-6-8(10(12)14-7)15-9-4-2-3-5-11(9)13/h2-5,7-8H,6H2,1H3/t7-,8+/m1/s1. The van der Waals surface area contributed by atoms with Gasteiger partial charge in [0.15, 0.2) is 6.20 Å². The molecular formula is C10H11NO3S. The van der Waals surface area contributed by atoms with Crippen molar-refractivity contribution >= 4 is 17.7 Å². The van der Waals surface area contributed by atoms with Gasteiger partial charge in [-0.15, -0.1) is 0 Å². The van der Waals surface area contributed by atoms with E-state index in [0.717, 1.165) is 4.73 Å². The number of esters is 1. The number of hydrogen-bond donors (Lipinski definition) is 0. The molecule has 1 saturated heterocycles. The highest BCUT2D eigenvalue weighted by atomic mass is 32.2. The van der Waals surface area contributed by atoms with E-state index in [1.165, 1.54) is 18.0 Å². The zero-order chi connectivity index (χ0) is 10.8. The summed E-state index contributed by atoms with van der Waals surface area (Å²) >= 11 is 1.27. The summed E-state index contributed by atoms with van der Waals surface area (Å²) < 4.78 is 5.78. The molecule has 1 fully saturated rings. The number of carbonyl (C=O) groups is 1. The van der Waals surface area contributed by atoms with Crippen molar-refractivity contribution in [1.29, 1.82) is 0 Å². The third-order valence-corrected chi connectivity index (χ3v) is 3.40. The normalized spacial score (nSPS) is 25.3. The van der Waals surface area contributed by atoms with E-state index >= 15 is 0 Å². The Morgan fingerprint density at radius 2 is 2.40 bits per heavy atom. The molecule has 2 atom stereocenters. The Balaban J connectivity index is 2.09. The number of cyclic esters (lactones) is 1. The summed E-state index contributed by atoms with van der Waals surface area (Å²) in [5, 5.41) is 11.6. The summed E-state index contributed by atoms with van der Waals surface area (Å²) in [5.74, 6) is -0.226. The smallest absolute Gasteiger partial charge is 0.320 e. The first-order chi connectivity index (χ1) is 7.16. The molecule has 0 aromatic carbocycles. The zero-order valence-corrected chi connectivity index (χ0v) is 9.07. The Labute approximate surface area is 91.8 Å². The molecule has 4 nitrogen and oxygen atoms in total. The van der Waals surface area contributed by atoms with Crippen molar-refractivity contribution < 1.29 is 14.3 Å². The average Bonchev–Trinajstić information content (AvgIpc) is 2.49. The maximum atomic E-state index is 11.3. The first-order valence-electron chi connectivity index (χ1n) is 4.72. The topological polar surface area (TPSA) is 53.2 Å². The van der Waals surface area contributed by atoms with Gasteiger partial charge < -0.3 is 9.94 Å². The fraction of sp³-hybridized carbons (Fsp3) is 0.400. The van der Waals surface area contributed by atoms with Crippen LogP contribution in [0.25, 0.3) is 0 Å². The number of thioether (sulfide) groups is 1. The van der Waals surface area contributed by atoms with Gasteiger partial charge in [-0.2, -0.15) is 4.73 Å². The maximum absolute atomic E-state index is 11.3. The zero-order valence-electron chi connectivity index (χ0n) is 8.25. The Kier molecular flexibility index (Phi) is 2.81. The van der Waals surface area contributed by atoms with Crippen molar-refractivity contribution in [3.05, 3.63) is 29.6 Å². The Morgan fingerprint density at radius 1 is 1.60 bits per heavy atom. The number of hydrogen-bond acceptors (Lipinski definition) is 4. The van der Waals surface area contributed by atoms with E-state index in [0.29, 0.717) is 11.4 Å². The van der Waals surface area contributed by atoms with Crippen LogP contribution in [0.2, 0.25) is 0 Å². The third kappa shape index (κ3) is 2.23. The molecule has 15 heavy (non-hydrogen) atoms. The molecule has 1 aromatic rings. The molecule has 0 amide bonds. The highest BCUT2D eigenvalue weighted by molar-refractivity contribution is 8.00. The van der Waals surface area contributed by atoms with Gasteiger partial charge in [0.05, 0.1) is 0 Å². The number of aromatic nitrogens is 1. The minimum absolute atomic E-state index is 0.0428. The number of carbonyl (C=O) groups excluding carboxylic acids is 1. The summed E-state index contributed by atoms with van der Waals surface area (Å²) in [6.45, 7) is 1.86. The number of pyridine rings is 1. The Morgan fingerprint density at radius 3 is 3.00 bits per heavy atom. The van der Waals surface area contributed by atoms with Crippen LogP contribution in [0.1, 0.15) is 13.3 Å². The molecule has 5 heteroatoms. The maximum Gasteiger partial charge on any atom is 0.320 e. The Bertz CT molecular complexity index is 383. The molecule has 1 aliphatic heterocycles. The molecule has 0 unspecified atom stereocenters. The largest absolute Gasteiger partial charge is 0.618 e. The van der Waals surface area contributed by atoms with Gasteiger partial charge in [0.1, 0.15) is 11.4 Å². The monoisotopic (exact) mass is 225 g/mol. The molecule has 1 aliphatic rings. The van der Waals surface area contributed by atoms with Crippen molar-refractivity contribution in [3.8, 4) is 0 Å². The SMILES string of the molecule is C[C@@H]1C[C@H](Sc2cccc[n+]2[O-])C(=O)O1. The second-order valence-electron chi connectivity index (χ2n) is 3.45. The first-order valence-corrected chi connectivity index (χ1v) is 5.60. The molecule has 0 aliphatic carbocycles. The highest BCUT2D eigenvalue weighted by Gasteiger charge is 2.34. The van der Waals surface area contributed by atoms with Crippen molar-refractivity contribution in [2.24, 2.45) is 0 Å². The number of ether oxygens (including phenoxy) is 1. The van der Waals surface area contributed by atoms with Crippen LogP contribution in [-0.4, -0.2) is 17.3 Å². The Hall–Kier alpha value is -1.23. The molecule has 2 rings (SSSR count). The van der Waals surface area contributed by atoms with E-state index in [4.69, 9.17) is 4.74 Å². The van der Waals surface area contributed by atoms with Gasteiger partial charge in [0, 0.05) is 18.6 Å². The summed E-state index contributed by atoms with van der Waals surface area (Å²) in [5.41, 5.74) is 0. The van der Waals surface area contributed by atoms with Crippen LogP contribution in [-0.2, 0) is 9.53 Å². The van der Waals surface area contributed by atoms with Gasteiger partial charge in [-0.1, -0.05) is 0 Å². The quantitative estimate of drug-likeness (QED) is 0.430. The molecule has 0 saturated carbocycles. The van der Waals surface area contributed by atoms with Crippen LogP contribution in [0.3, 0.4) is 0 Å². The molecule has 0 spiro atoms. The predicted octanol–water partition coefficient (Wildman–Crippen LogP) is 1.12. The van der Waals surface area contributed by atoms with Gasteiger partial charge in [-0.05, 0) is 24.8 Å². The lowest BCUT2D eigenvalue weighted by Crippen LogP contribution is -2.29. The van der Waals surface area contributed by atoms with Gasteiger partial charge in [0.25, 0.3) is 5.03 Å². The van der Waals surface area contributed by atoms with Crippen molar-refractivity contribution in [3.63, 3.8) is 0 Å². The molecule has 0 bridgehead atoms. The van der Waals surface area contributed by atoms with Crippen LogP contribution < -0.4 is 4.73 Å². The first kappa shape index (κ1) is 10.3. The van der Waals surface area contributed by atoms with Crippen LogP contribution in [0, 0.1) is 5.21 Å². The molecule has 1 aromatic heterocycles. The summed E-state index contributed by atoms with van der Waals surface area (Å²) in [6.07, 6.45) is 2.04. The number of rotatable bonds is 2. The van der Waals surface area contributed by atoms with Crippen LogP contribution in [0.15, 0.2) is 29.4 Å². The van der Waals surface area contributed by atoms with Crippen LogP contribution >= 0.6 is 11.8 Å². The van der Waals surface area contributed by atoms with Crippen LogP contribution in [0.4, 0.5) is 0 Å². The fourth-order valence-corrected chi connectivity index (χ4v) is 2.60. The van der Waals surface area contributed by atoms with Gasteiger partial charge >= 0.3 is 5.97 Å². The molecule has 2 heterocycles. The predicted molar refractivity (Wildman–Crippen MR) is 55.2 cm³/mol. The lowest BCUT2D eigenvalue weighted by molar-refractivity contribution is -0.645. The van der Waals surface area contributed by atoms with E-state index in [1.807, 2.05) is 6.92 Å². The van der Waals surface area contributed by atoms with Crippen molar-refractivity contribution in [2.75, 3.05) is 0 Å². The summed E-state index contributed by atoms with van der Waals surface area (Å²) in [7, 11) is 0. The van der Waals surface area contributed by atoms with E-state index in [9.17, 15) is 10.0 Å². The van der Waals surface area contributed by atoms with E-state index in [2.05, 4.69) is 0 Å². The van der Waals surface area contributed by atoms with Crippen LogP contribution in [0.5, 0.6) is 0 Å². The molecular weight excluding hydrogens is 214 g/mol. The second kappa shape index (κ2) is 4.10. The van der Waals surface area contributed by atoms with Crippen molar-refractivity contribution in [2.45, 2.75) is 29.7 Å². The minimum atomic E-state index is -0.248. The van der Waals surface area contributed by atoms with E-state index in [1.54, 1.807) is 18.2 Å². The molecule has 0 N–H and O–H groups in total.